The highest BCUT2D eigenvalue weighted by atomic mass is 79.9. The second kappa shape index (κ2) is 4.06. The van der Waals surface area contributed by atoms with Gasteiger partial charge in [0.25, 0.3) is 0 Å². The molecule has 0 spiro atoms. The standard InChI is InChI=1S/C11H10BrNO2/c1-2-15-11(14)9-5-3-4-8-6-7-13(12)10(8)9/h3-7H,2H2,1H3. The van der Waals surface area contributed by atoms with Crippen LogP contribution in [0.15, 0.2) is 30.5 Å². The molecule has 0 fully saturated rings. The van der Waals surface area contributed by atoms with Crippen molar-refractivity contribution in [1.82, 2.24) is 3.59 Å². The smallest absolute Gasteiger partial charge is 0.340 e. The largest absolute Gasteiger partial charge is 0.462 e. The summed E-state index contributed by atoms with van der Waals surface area (Å²) in [7, 11) is 0. The van der Waals surface area contributed by atoms with Gasteiger partial charge in [-0.2, -0.15) is 0 Å². The number of para-hydroxylation sites is 1. The van der Waals surface area contributed by atoms with Gasteiger partial charge in [-0.3, -0.25) is 3.59 Å². The van der Waals surface area contributed by atoms with Gasteiger partial charge in [-0.05, 0) is 19.1 Å². The Labute approximate surface area is 96.0 Å². The highest BCUT2D eigenvalue weighted by molar-refractivity contribution is 9.08. The zero-order chi connectivity index (χ0) is 10.8. The van der Waals surface area contributed by atoms with Crippen molar-refractivity contribution in [3.8, 4) is 0 Å². The number of fused-ring (bicyclic) bond motifs is 1. The van der Waals surface area contributed by atoms with Crippen molar-refractivity contribution in [2.45, 2.75) is 6.92 Å². The lowest BCUT2D eigenvalue weighted by Gasteiger charge is -2.04. The van der Waals surface area contributed by atoms with E-state index in [0.29, 0.717) is 12.2 Å². The van der Waals surface area contributed by atoms with Gasteiger partial charge in [0, 0.05) is 11.6 Å². The third kappa shape index (κ3) is 1.77. The van der Waals surface area contributed by atoms with Crippen molar-refractivity contribution in [2.75, 3.05) is 6.61 Å². The van der Waals surface area contributed by atoms with Crippen LogP contribution in [0.1, 0.15) is 17.3 Å². The van der Waals surface area contributed by atoms with E-state index in [4.69, 9.17) is 4.74 Å². The van der Waals surface area contributed by atoms with Crippen LogP contribution in [-0.2, 0) is 4.74 Å². The molecule has 0 aliphatic heterocycles. The number of carbonyl (C=O) groups is 1. The summed E-state index contributed by atoms with van der Waals surface area (Å²) in [5, 5.41) is 1.01. The summed E-state index contributed by atoms with van der Waals surface area (Å²) in [5.74, 6) is -0.289. The second-order valence-electron chi connectivity index (χ2n) is 3.09. The highest BCUT2D eigenvalue weighted by Crippen LogP contribution is 2.22. The van der Waals surface area contributed by atoms with Crippen LogP contribution in [0.4, 0.5) is 0 Å². The predicted molar refractivity (Wildman–Crippen MR) is 62.2 cm³/mol. The number of benzene rings is 1. The fourth-order valence-corrected chi connectivity index (χ4v) is 2.04. The van der Waals surface area contributed by atoms with Gasteiger partial charge in [0.15, 0.2) is 0 Å². The topological polar surface area (TPSA) is 31.2 Å². The summed E-state index contributed by atoms with van der Waals surface area (Å²) >= 11 is 3.35. The molecule has 0 bridgehead atoms. The van der Waals surface area contributed by atoms with Gasteiger partial charge in [0.1, 0.15) is 0 Å². The van der Waals surface area contributed by atoms with E-state index in [2.05, 4.69) is 16.1 Å². The molecule has 78 valence electrons. The summed E-state index contributed by atoms with van der Waals surface area (Å²) in [4.78, 5) is 11.7. The van der Waals surface area contributed by atoms with E-state index in [-0.39, 0.29) is 5.97 Å². The van der Waals surface area contributed by atoms with Crippen LogP contribution in [0.5, 0.6) is 0 Å². The molecule has 0 aliphatic carbocycles. The Morgan fingerprint density at radius 1 is 1.47 bits per heavy atom. The minimum Gasteiger partial charge on any atom is -0.462 e. The van der Waals surface area contributed by atoms with Crippen molar-refractivity contribution in [2.24, 2.45) is 0 Å². The van der Waals surface area contributed by atoms with Crippen LogP contribution in [0, 0.1) is 0 Å². The number of aromatic nitrogens is 1. The molecule has 1 aromatic heterocycles. The van der Waals surface area contributed by atoms with E-state index < -0.39 is 0 Å². The summed E-state index contributed by atoms with van der Waals surface area (Å²) in [5.41, 5.74) is 1.42. The molecule has 0 saturated carbocycles. The Morgan fingerprint density at radius 2 is 2.27 bits per heavy atom. The first-order valence-electron chi connectivity index (χ1n) is 4.67. The summed E-state index contributed by atoms with van der Waals surface area (Å²) < 4.78 is 6.73. The number of ether oxygens (including phenoxy) is 1. The Morgan fingerprint density at radius 3 is 3.00 bits per heavy atom. The number of halogens is 1. The number of esters is 1. The average Bonchev–Trinajstić information content (AvgIpc) is 2.61. The van der Waals surface area contributed by atoms with Gasteiger partial charge in [-0.1, -0.05) is 12.1 Å². The monoisotopic (exact) mass is 267 g/mol. The third-order valence-electron chi connectivity index (χ3n) is 2.16. The Bertz CT molecular complexity index is 504. The van der Waals surface area contributed by atoms with Crippen LogP contribution < -0.4 is 0 Å². The second-order valence-corrected chi connectivity index (χ2v) is 3.85. The fraction of sp³-hybridized carbons (Fsp3) is 0.182. The molecule has 4 heteroatoms. The van der Waals surface area contributed by atoms with E-state index >= 15 is 0 Å². The van der Waals surface area contributed by atoms with E-state index in [1.807, 2.05) is 24.4 Å². The van der Waals surface area contributed by atoms with Crippen LogP contribution in [0.3, 0.4) is 0 Å². The molecule has 1 aromatic carbocycles. The summed E-state index contributed by atoms with van der Waals surface area (Å²) in [6, 6.07) is 7.50. The molecule has 0 atom stereocenters. The first-order valence-corrected chi connectivity index (χ1v) is 5.38. The maximum Gasteiger partial charge on any atom is 0.340 e. The maximum atomic E-state index is 11.7. The number of hydrogen-bond donors (Lipinski definition) is 0. The average molecular weight is 268 g/mol. The molecule has 1 heterocycles. The Balaban J connectivity index is 2.59. The van der Waals surface area contributed by atoms with E-state index in [1.54, 1.807) is 16.6 Å². The normalized spacial score (nSPS) is 10.5. The van der Waals surface area contributed by atoms with Crippen LogP contribution in [0.2, 0.25) is 0 Å². The molecule has 15 heavy (non-hydrogen) atoms. The first-order chi connectivity index (χ1) is 7.24. The lowest BCUT2D eigenvalue weighted by Crippen LogP contribution is -2.05. The molecule has 0 aliphatic rings. The van der Waals surface area contributed by atoms with Gasteiger partial charge in [-0.25, -0.2) is 4.79 Å². The highest BCUT2D eigenvalue weighted by Gasteiger charge is 2.13. The van der Waals surface area contributed by atoms with Crippen molar-refractivity contribution in [3.63, 3.8) is 0 Å². The van der Waals surface area contributed by atoms with Crippen LogP contribution >= 0.6 is 16.1 Å². The molecule has 0 N–H and O–H groups in total. The summed E-state index contributed by atoms with van der Waals surface area (Å²) in [6.45, 7) is 2.18. The van der Waals surface area contributed by atoms with E-state index in [0.717, 1.165) is 10.9 Å². The van der Waals surface area contributed by atoms with E-state index in [1.165, 1.54) is 0 Å². The molecule has 0 radical (unpaired) electrons. The summed E-state index contributed by atoms with van der Waals surface area (Å²) in [6.07, 6.45) is 1.85. The van der Waals surface area contributed by atoms with Crippen molar-refractivity contribution >= 4 is 33.0 Å². The van der Waals surface area contributed by atoms with Gasteiger partial charge in [0.05, 0.1) is 33.8 Å². The third-order valence-corrected chi connectivity index (χ3v) is 2.75. The van der Waals surface area contributed by atoms with Crippen molar-refractivity contribution in [3.05, 3.63) is 36.0 Å². The number of nitrogens with zero attached hydrogens (tertiary/aromatic N) is 1. The molecule has 2 aromatic rings. The number of rotatable bonds is 2. The lowest BCUT2D eigenvalue weighted by atomic mass is 10.1. The van der Waals surface area contributed by atoms with Crippen LogP contribution in [-0.4, -0.2) is 16.2 Å². The quantitative estimate of drug-likeness (QED) is 0.784. The van der Waals surface area contributed by atoms with E-state index in [9.17, 15) is 4.79 Å². The Kier molecular flexibility index (Phi) is 2.77. The predicted octanol–water partition coefficient (Wildman–Crippen LogP) is 2.98. The maximum absolute atomic E-state index is 11.7. The lowest BCUT2D eigenvalue weighted by molar-refractivity contribution is 0.0528. The minimum absolute atomic E-state index is 0.289. The molecule has 3 nitrogen and oxygen atoms in total. The fourth-order valence-electron chi connectivity index (χ4n) is 1.53. The van der Waals surface area contributed by atoms with Gasteiger partial charge >= 0.3 is 5.97 Å². The molecule has 0 saturated heterocycles. The molecular weight excluding hydrogens is 258 g/mol. The SMILES string of the molecule is CCOC(=O)c1cccc2ccn(Br)c12. The number of hydrogen-bond acceptors (Lipinski definition) is 2. The van der Waals surface area contributed by atoms with Crippen molar-refractivity contribution < 1.29 is 9.53 Å². The number of carbonyl (C=O) groups excluding carboxylic acids is 1. The van der Waals surface area contributed by atoms with Gasteiger partial charge in [-0.15, -0.1) is 0 Å². The Hall–Kier alpha value is -1.29. The minimum atomic E-state index is -0.289. The van der Waals surface area contributed by atoms with Gasteiger partial charge in [0.2, 0.25) is 0 Å². The molecule has 2 rings (SSSR count). The first kappa shape index (κ1) is 10.2. The van der Waals surface area contributed by atoms with Crippen LogP contribution in [0.25, 0.3) is 10.9 Å². The zero-order valence-corrected chi connectivity index (χ0v) is 9.82. The molecular formula is C11H10BrNO2. The molecule has 0 unspecified atom stereocenters. The molecule has 0 amide bonds. The van der Waals surface area contributed by atoms with Crippen molar-refractivity contribution in [1.29, 1.82) is 0 Å². The zero-order valence-electron chi connectivity index (χ0n) is 8.24. The van der Waals surface area contributed by atoms with Gasteiger partial charge < -0.3 is 4.74 Å².